The van der Waals surface area contributed by atoms with Crippen molar-refractivity contribution in [3.8, 4) is 0 Å². The molecule has 2 saturated carbocycles. The molecule has 0 spiro atoms. The molecule has 4 bridgehead atoms. The third-order valence-corrected chi connectivity index (χ3v) is 5.37. The molecule has 0 aromatic heterocycles. The smallest absolute Gasteiger partial charge is 0.0724 e. The molecule has 2 aliphatic heterocycles. The first-order valence-corrected chi connectivity index (χ1v) is 7.29. The van der Waals surface area contributed by atoms with Crippen molar-refractivity contribution in [3.05, 3.63) is 35.9 Å². The summed E-state index contributed by atoms with van der Waals surface area (Å²) in [6.07, 6.45) is 5.03. The van der Waals surface area contributed by atoms with Gasteiger partial charge in [0.1, 0.15) is 0 Å². The van der Waals surface area contributed by atoms with Crippen LogP contribution >= 0.6 is 0 Å². The molecule has 2 aliphatic carbocycles. The molecule has 4 aliphatic rings. The van der Waals surface area contributed by atoms with E-state index in [1.807, 2.05) is 0 Å². The van der Waals surface area contributed by atoms with Gasteiger partial charge in [0.25, 0.3) is 0 Å². The summed E-state index contributed by atoms with van der Waals surface area (Å²) < 4.78 is 0. The van der Waals surface area contributed by atoms with E-state index >= 15 is 0 Å². The van der Waals surface area contributed by atoms with Crippen LogP contribution in [-0.4, -0.2) is 28.2 Å². The maximum absolute atomic E-state index is 10.4. The fraction of sp³-hybridized carbons (Fsp3) is 0.625. The molecule has 0 unspecified atom stereocenters. The molecule has 0 amide bonds. The van der Waals surface area contributed by atoms with Gasteiger partial charge in [0.05, 0.1) is 6.10 Å². The van der Waals surface area contributed by atoms with Crippen molar-refractivity contribution in [2.75, 3.05) is 0 Å². The Kier molecular flexibility index (Phi) is 2.49. The van der Waals surface area contributed by atoms with Crippen molar-refractivity contribution in [1.29, 1.82) is 0 Å². The number of nitrogens with zero attached hydrogens (tertiary/aromatic N) is 1. The van der Waals surface area contributed by atoms with Gasteiger partial charge in [-0.3, -0.25) is 4.90 Å². The maximum Gasteiger partial charge on any atom is 0.0724 e. The van der Waals surface area contributed by atoms with Crippen LogP contribution in [0.2, 0.25) is 0 Å². The highest BCUT2D eigenvalue weighted by atomic mass is 16.3. The number of piperidine rings is 2. The number of aliphatic hydroxyl groups excluding tert-OH is 1. The third-order valence-electron chi connectivity index (χ3n) is 5.37. The Bertz CT molecular complexity index is 432. The van der Waals surface area contributed by atoms with E-state index in [1.54, 1.807) is 0 Å². The molecule has 4 fully saturated rings. The van der Waals surface area contributed by atoms with Crippen molar-refractivity contribution in [3.63, 3.8) is 0 Å². The van der Waals surface area contributed by atoms with Crippen LogP contribution in [0.5, 0.6) is 0 Å². The van der Waals surface area contributed by atoms with E-state index in [2.05, 4.69) is 35.2 Å². The minimum absolute atomic E-state index is 0.0680. The summed E-state index contributed by atoms with van der Waals surface area (Å²) in [5.74, 6) is 1.49. The van der Waals surface area contributed by atoms with Crippen molar-refractivity contribution in [2.45, 2.75) is 50.4 Å². The summed E-state index contributed by atoms with van der Waals surface area (Å²) in [7, 11) is 0. The van der Waals surface area contributed by atoms with Gasteiger partial charge in [-0.05, 0) is 43.1 Å². The molecule has 0 radical (unpaired) electrons. The summed E-state index contributed by atoms with van der Waals surface area (Å²) in [6.45, 7) is 1.02. The van der Waals surface area contributed by atoms with E-state index in [4.69, 9.17) is 0 Å². The molecule has 5 atom stereocenters. The SMILES string of the molecule is O[C@@H]1[C@@H]2C[C@H]3C[C@@H](C2)N(Cc2ccccc2)[C@@H]1C3. The largest absolute Gasteiger partial charge is 0.391 e. The minimum atomic E-state index is -0.0680. The zero-order valence-electron chi connectivity index (χ0n) is 10.7. The highest BCUT2D eigenvalue weighted by Crippen LogP contribution is 2.49. The van der Waals surface area contributed by atoms with Gasteiger partial charge in [-0.1, -0.05) is 30.3 Å². The minimum Gasteiger partial charge on any atom is -0.391 e. The molecule has 2 heteroatoms. The van der Waals surface area contributed by atoms with Crippen LogP contribution in [0.4, 0.5) is 0 Å². The van der Waals surface area contributed by atoms with Crippen LogP contribution in [0.1, 0.15) is 31.2 Å². The van der Waals surface area contributed by atoms with Gasteiger partial charge in [-0.2, -0.15) is 0 Å². The molecule has 1 aromatic rings. The topological polar surface area (TPSA) is 23.5 Å². The lowest BCUT2D eigenvalue weighted by Gasteiger charge is -2.58. The molecule has 2 saturated heterocycles. The van der Waals surface area contributed by atoms with Crippen LogP contribution < -0.4 is 0 Å². The Morgan fingerprint density at radius 2 is 1.89 bits per heavy atom. The lowest BCUT2D eigenvalue weighted by molar-refractivity contribution is -0.141. The van der Waals surface area contributed by atoms with Gasteiger partial charge in [0.15, 0.2) is 0 Å². The lowest BCUT2D eigenvalue weighted by Crippen LogP contribution is -2.64. The Morgan fingerprint density at radius 3 is 2.72 bits per heavy atom. The summed E-state index contributed by atoms with van der Waals surface area (Å²) >= 11 is 0. The molecular formula is C16H21NO. The summed E-state index contributed by atoms with van der Waals surface area (Å²) in [5.41, 5.74) is 1.39. The zero-order chi connectivity index (χ0) is 12.1. The predicted octanol–water partition coefficient (Wildman–Crippen LogP) is 2.42. The molecule has 96 valence electrons. The van der Waals surface area contributed by atoms with Gasteiger partial charge in [0.2, 0.25) is 0 Å². The number of benzene rings is 1. The highest BCUT2D eigenvalue weighted by Gasteiger charge is 2.51. The van der Waals surface area contributed by atoms with Crippen LogP contribution in [0, 0.1) is 11.8 Å². The maximum atomic E-state index is 10.4. The van der Waals surface area contributed by atoms with E-state index in [0.29, 0.717) is 12.0 Å². The molecule has 2 nitrogen and oxygen atoms in total. The molecule has 1 N–H and O–H groups in total. The number of aliphatic hydroxyl groups is 1. The first-order chi connectivity index (χ1) is 8.81. The van der Waals surface area contributed by atoms with E-state index in [-0.39, 0.29) is 6.10 Å². The molecule has 1 aromatic carbocycles. The fourth-order valence-electron chi connectivity index (χ4n) is 4.63. The second kappa shape index (κ2) is 4.07. The van der Waals surface area contributed by atoms with E-state index < -0.39 is 0 Å². The molecule has 18 heavy (non-hydrogen) atoms. The van der Waals surface area contributed by atoms with E-state index in [9.17, 15) is 5.11 Å². The Hall–Kier alpha value is -0.860. The van der Waals surface area contributed by atoms with Gasteiger partial charge in [-0.15, -0.1) is 0 Å². The van der Waals surface area contributed by atoms with E-state index in [1.165, 1.54) is 31.2 Å². The van der Waals surface area contributed by atoms with Gasteiger partial charge >= 0.3 is 0 Å². The zero-order valence-corrected chi connectivity index (χ0v) is 10.7. The molecular weight excluding hydrogens is 222 g/mol. The van der Waals surface area contributed by atoms with Crippen LogP contribution in [0.25, 0.3) is 0 Å². The van der Waals surface area contributed by atoms with E-state index in [0.717, 1.165) is 18.5 Å². The van der Waals surface area contributed by atoms with Gasteiger partial charge in [-0.25, -0.2) is 0 Å². The summed E-state index contributed by atoms with van der Waals surface area (Å²) in [4.78, 5) is 2.59. The van der Waals surface area contributed by atoms with Crippen molar-refractivity contribution < 1.29 is 5.11 Å². The molecule has 5 rings (SSSR count). The fourth-order valence-corrected chi connectivity index (χ4v) is 4.63. The third kappa shape index (κ3) is 1.63. The Balaban J connectivity index is 1.58. The van der Waals surface area contributed by atoms with Gasteiger partial charge in [0, 0.05) is 18.6 Å². The summed E-state index contributed by atoms with van der Waals surface area (Å²) in [6, 6.07) is 11.9. The lowest BCUT2D eigenvalue weighted by atomic mass is 9.62. The first-order valence-electron chi connectivity index (χ1n) is 7.29. The normalized spacial score (nSPS) is 42.4. The second-order valence-electron chi connectivity index (χ2n) is 6.44. The second-order valence-corrected chi connectivity index (χ2v) is 6.44. The monoisotopic (exact) mass is 243 g/mol. The van der Waals surface area contributed by atoms with Crippen LogP contribution in [0.3, 0.4) is 0 Å². The van der Waals surface area contributed by atoms with Gasteiger partial charge < -0.3 is 5.11 Å². The standard InChI is InChI=1S/C16H21NO/c18-16-13-6-12-7-14(9-13)17(15(16)8-12)10-11-4-2-1-3-5-11/h1-5,12-16,18H,6-10H2/t12-,13+,14-,15+,16+/m0/s1. The Morgan fingerprint density at radius 1 is 1.06 bits per heavy atom. The number of rotatable bonds is 2. The van der Waals surface area contributed by atoms with Crippen molar-refractivity contribution in [2.24, 2.45) is 11.8 Å². The Labute approximate surface area is 109 Å². The van der Waals surface area contributed by atoms with Crippen molar-refractivity contribution >= 4 is 0 Å². The van der Waals surface area contributed by atoms with Crippen molar-refractivity contribution in [1.82, 2.24) is 4.90 Å². The average Bonchev–Trinajstić information content (AvgIpc) is 2.40. The number of hydrogen-bond acceptors (Lipinski definition) is 2. The van der Waals surface area contributed by atoms with Crippen LogP contribution in [0.15, 0.2) is 30.3 Å². The molecule has 2 heterocycles. The highest BCUT2D eigenvalue weighted by molar-refractivity contribution is 5.16. The number of hydrogen-bond donors (Lipinski definition) is 1. The van der Waals surface area contributed by atoms with Crippen LogP contribution in [-0.2, 0) is 6.54 Å². The first kappa shape index (κ1) is 11.0. The predicted molar refractivity (Wildman–Crippen MR) is 71.0 cm³/mol. The summed E-state index contributed by atoms with van der Waals surface area (Å²) in [5, 5.41) is 10.4. The quantitative estimate of drug-likeness (QED) is 0.862. The average molecular weight is 243 g/mol.